The van der Waals surface area contributed by atoms with Crippen molar-refractivity contribution in [2.24, 2.45) is 0 Å². The van der Waals surface area contributed by atoms with Gasteiger partial charge in [-0.2, -0.15) is 0 Å². The molecule has 0 radical (unpaired) electrons. The second kappa shape index (κ2) is 9.98. The zero-order valence-electron chi connectivity index (χ0n) is 17.9. The van der Waals surface area contributed by atoms with Crippen LogP contribution in [0.1, 0.15) is 18.3 Å². The van der Waals surface area contributed by atoms with E-state index in [9.17, 15) is 0 Å². The molecule has 4 rings (SSSR count). The Balaban J connectivity index is 1.50. The highest BCUT2D eigenvalue weighted by Crippen LogP contribution is 2.32. The van der Waals surface area contributed by atoms with E-state index in [1.165, 1.54) is 0 Å². The largest absolute Gasteiger partial charge is 0.438 e. The fraction of sp³-hybridized carbons (Fsp3) is 0.120. The number of para-hydroxylation sites is 1. The summed E-state index contributed by atoms with van der Waals surface area (Å²) in [5.41, 5.74) is 4.35. The molecule has 32 heavy (non-hydrogen) atoms. The maximum atomic E-state index is 6.18. The van der Waals surface area contributed by atoms with Crippen LogP contribution in [-0.2, 0) is 6.42 Å². The fourth-order valence-corrected chi connectivity index (χ4v) is 3.38. The zero-order valence-corrected chi connectivity index (χ0v) is 18.7. The molecule has 0 atom stereocenters. The van der Waals surface area contributed by atoms with Crippen LogP contribution in [0.5, 0.6) is 11.6 Å². The third-order valence-electron chi connectivity index (χ3n) is 4.74. The zero-order chi connectivity index (χ0) is 22.3. The molecular formula is C25H23N5OS. The summed E-state index contributed by atoms with van der Waals surface area (Å²) >= 11 is 5.42. The van der Waals surface area contributed by atoms with Crippen molar-refractivity contribution in [2.75, 3.05) is 10.6 Å². The molecule has 0 spiro atoms. The Kier molecular flexibility index (Phi) is 6.67. The number of benzene rings is 2. The van der Waals surface area contributed by atoms with Crippen LogP contribution in [0.3, 0.4) is 0 Å². The van der Waals surface area contributed by atoms with Crippen molar-refractivity contribution < 1.29 is 4.74 Å². The number of hydrogen-bond acceptors (Lipinski definition) is 5. The Labute approximate surface area is 192 Å². The van der Waals surface area contributed by atoms with Crippen LogP contribution in [0.4, 0.5) is 11.4 Å². The lowest BCUT2D eigenvalue weighted by molar-refractivity contribution is 0.461. The number of rotatable bonds is 6. The predicted molar refractivity (Wildman–Crippen MR) is 132 cm³/mol. The van der Waals surface area contributed by atoms with Gasteiger partial charge in [0.05, 0.1) is 11.3 Å². The maximum absolute atomic E-state index is 6.18. The van der Waals surface area contributed by atoms with Crippen LogP contribution < -0.4 is 15.4 Å². The van der Waals surface area contributed by atoms with Crippen molar-refractivity contribution in [3.05, 3.63) is 90.5 Å². The average molecular weight is 442 g/mol. The highest BCUT2D eigenvalue weighted by molar-refractivity contribution is 7.80. The van der Waals surface area contributed by atoms with Crippen LogP contribution in [0.2, 0.25) is 0 Å². The van der Waals surface area contributed by atoms with Gasteiger partial charge in [0.15, 0.2) is 5.11 Å². The molecule has 0 bridgehead atoms. The summed E-state index contributed by atoms with van der Waals surface area (Å²) < 4.78 is 6.18. The molecule has 160 valence electrons. The van der Waals surface area contributed by atoms with E-state index >= 15 is 0 Å². The second-order valence-electron chi connectivity index (χ2n) is 7.10. The average Bonchev–Trinajstić information content (AvgIpc) is 2.82. The third kappa shape index (κ3) is 5.25. The molecule has 2 aromatic heterocycles. The molecule has 0 amide bonds. The molecule has 0 unspecified atom stereocenters. The topological polar surface area (TPSA) is 72.0 Å². The molecule has 0 fully saturated rings. The first-order valence-corrected chi connectivity index (χ1v) is 10.7. The van der Waals surface area contributed by atoms with Crippen LogP contribution in [0.25, 0.3) is 11.3 Å². The quantitative estimate of drug-likeness (QED) is 0.355. The number of nitrogens with one attached hydrogen (secondary N) is 2. The van der Waals surface area contributed by atoms with Gasteiger partial charge in [-0.1, -0.05) is 25.1 Å². The van der Waals surface area contributed by atoms with Gasteiger partial charge in [-0.25, -0.2) is 15.0 Å². The van der Waals surface area contributed by atoms with E-state index in [4.69, 9.17) is 17.0 Å². The number of ether oxygens (including phenoxy) is 1. The second-order valence-corrected chi connectivity index (χ2v) is 7.50. The minimum Gasteiger partial charge on any atom is -0.438 e. The molecule has 4 aromatic rings. The van der Waals surface area contributed by atoms with Gasteiger partial charge < -0.3 is 15.4 Å². The van der Waals surface area contributed by atoms with E-state index in [-0.39, 0.29) is 0 Å². The van der Waals surface area contributed by atoms with E-state index < -0.39 is 0 Å². The molecule has 6 nitrogen and oxygen atoms in total. The Morgan fingerprint density at radius 1 is 0.906 bits per heavy atom. The molecule has 2 N–H and O–H groups in total. The summed E-state index contributed by atoms with van der Waals surface area (Å²) in [6.07, 6.45) is 4.23. The molecule has 0 aliphatic carbocycles. The molecular weight excluding hydrogens is 418 g/mol. The van der Waals surface area contributed by atoms with Crippen LogP contribution in [0.15, 0.2) is 79.1 Å². The van der Waals surface area contributed by atoms with Gasteiger partial charge in [-0.3, -0.25) is 0 Å². The molecule has 2 aromatic carbocycles. The van der Waals surface area contributed by atoms with Crippen LogP contribution in [0, 0.1) is 6.92 Å². The van der Waals surface area contributed by atoms with Crippen molar-refractivity contribution in [2.45, 2.75) is 20.3 Å². The molecule has 0 saturated carbocycles. The van der Waals surface area contributed by atoms with Gasteiger partial charge in [-0.15, -0.1) is 0 Å². The van der Waals surface area contributed by atoms with E-state index in [1.807, 2.05) is 80.6 Å². The standard InChI is InChI=1S/C25H23N5OS/c1-3-23-26-15-13-21(30-23)20-10-7-14-27-24(20)31-22-12-11-19(16-17(22)2)29-25(32)28-18-8-5-4-6-9-18/h4-16H,3H2,1-2H3,(H2,28,29,32). The summed E-state index contributed by atoms with van der Waals surface area (Å²) in [6.45, 7) is 4.01. The minimum atomic E-state index is 0.498. The highest BCUT2D eigenvalue weighted by Gasteiger charge is 2.12. The van der Waals surface area contributed by atoms with Gasteiger partial charge in [0, 0.05) is 30.2 Å². The first kappa shape index (κ1) is 21.4. The SMILES string of the molecule is CCc1nccc(-c2cccnc2Oc2ccc(NC(=S)Nc3ccccc3)cc2C)n1. The number of hydrogen-bond donors (Lipinski definition) is 2. The normalized spacial score (nSPS) is 10.4. The monoisotopic (exact) mass is 441 g/mol. The molecule has 0 saturated heterocycles. The van der Waals surface area contributed by atoms with Gasteiger partial charge >= 0.3 is 0 Å². The molecule has 0 aliphatic rings. The lowest BCUT2D eigenvalue weighted by atomic mass is 10.1. The number of thiocarbonyl (C=S) groups is 1. The summed E-state index contributed by atoms with van der Waals surface area (Å²) in [4.78, 5) is 13.3. The van der Waals surface area contributed by atoms with Gasteiger partial charge in [0.25, 0.3) is 0 Å². The summed E-state index contributed by atoms with van der Waals surface area (Å²) in [5, 5.41) is 6.89. The van der Waals surface area contributed by atoms with Gasteiger partial charge in [-0.05, 0) is 73.2 Å². The van der Waals surface area contributed by atoms with Crippen molar-refractivity contribution in [1.82, 2.24) is 15.0 Å². The highest BCUT2D eigenvalue weighted by atomic mass is 32.1. The Morgan fingerprint density at radius 2 is 1.72 bits per heavy atom. The Morgan fingerprint density at radius 3 is 2.50 bits per heavy atom. The Bertz CT molecular complexity index is 1230. The van der Waals surface area contributed by atoms with Crippen LogP contribution in [-0.4, -0.2) is 20.1 Å². The molecule has 2 heterocycles. The lowest BCUT2D eigenvalue weighted by Gasteiger charge is -2.14. The smallest absolute Gasteiger partial charge is 0.228 e. The van der Waals surface area contributed by atoms with Gasteiger partial charge in [0.2, 0.25) is 5.88 Å². The first-order valence-electron chi connectivity index (χ1n) is 10.3. The number of anilines is 2. The Hall–Kier alpha value is -3.84. The van der Waals surface area contributed by atoms with Crippen molar-refractivity contribution in [3.8, 4) is 22.9 Å². The van der Waals surface area contributed by atoms with E-state index in [0.29, 0.717) is 16.7 Å². The third-order valence-corrected chi connectivity index (χ3v) is 4.94. The molecule has 7 heteroatoms. The van der Waals surface area contributed by atoms with E-state index in [1.54, 1.807) is 12.4 Å². The summed E-state index contributed by atoms with van der Waals surface area (Å²) in [5.74, 6) is 1.99. The number of aryl methyl sites for hydroxylation is 2. The van der Waals surface area contributed by atoms with Crippen molar-refractivity contribution >= 4 is 28.7 Å². The van der Waals surface area contributed by atoms with E-state index in [0.717, 1.165) is 40.4 Å². The van der Waals surface area contributed by atoms with Crippen molar-refractivity contribution in [3.63, 3.8) is 0 Å². The fourth-order valence-electron chi connectivity index (χ4n) is 3.15. The van der Waals surface area contributed by atoms with Crippen LogP contribution >= 0.6 is 12.2 Å². The summed E-state index contributed by atoms with van der Waals surface area (Å²) in [7, 11) is 0. The predicted octanol–water partition coefficient (Wildman–Crippen LogP) is 6.01. The minimum absolute atomic E-state index is 0.498. The first-order chi connectivity index (χ1) is 15.6. The molecule has 0 aliphatic heterocycles. The van der Waals surface area contributed by atoms with Crippen molar-refractivity contribution in [1.29, 1.82) is 0 Å². The lowest BCUT2D eigenvalue weighted by Crippen LogP contribution is -2.19. The van der Waals surface area contributed by atoms with Gasteiger partial charge in [0.1, 0.15) is 11.6 Å². The summed E-state index contributed by atoms with van der Waals surface area (Å²) in [6, 6.07) is 21.3. The maximum Gasteiger partial charge on any atom is 0.228 e. The number of nitrogens with zero attached hydrogens (tertiary/aromatic N) is 3. The van der Waals surface area contributed by atoms with E-state index in [2.05, 4.69) is 25.6 Å². The number of aromatic nitrogens is 3. The number of pyridine rings is 1.